The van der Waals surface area contributed by atoms with E-state index < -0.39 is 0 Å². The maximum atomic E-state index is 11.7. The monoisotopic (exact) mass is 235 g/mol. The molecule has 0 aromatic carbocycles. The number of amides is 1. The van der Waals surface area contributed by atoms with E-state index in [9.17, 15) is 4.79 Å². The van der Waals surface area contributed by atoms with Crippen molar-refractivity contribution >= 4 is 5.91 Å². The molecule has 1 aliphatic carbocycles. The Morgan fingerprint density at radius 2 is 2.18 bits per heavy atom. The van der Waals surface area contributed by atoms with E-state index in [0.29, 0.717) is 19.0 Å². The van der Waals surface area contributed by atoms with Crippen molar-refractivity contribution in [3.05, 3.63) is 18.5 Å². The minimum Gasteiger partial charge on any atom is -0.353 e. The minimum atomic E-state index is 0.153. The molecule has 2 rings (SSSR count). The van der Waals surface area contributed by atoms with Gasteiger partial charge in [0.25, 0.3) is 0 Å². The van der Waals surface area contributed by atoms with Crippen LogP contribution in [0.15, 0.2) is 18.5 Å². The first kappa shape index (κ1) is 12.1. The molecule has 4 heteroatoms. The maximum absolute atomic E-state index is 11.7. The number of aryl methyl sites for hydroxylation is 1. The second kappa shape index (κ2) is 5.84. The Balaban J connectivity index is 1.67. The molecule has 1 saturated carbocycles. The summed E-state index contributed by atoms with van der Waals surface area (Å²) in [6.45, 7) is 2.96. The normalized spacial score (nSPS) is 24.5. The van der Waals surface area contributed by atoms with Crippen molar-refractivity contribution in [2.24, 2.45) is 5.92 Å². The highest BCUT2D eigenvalue weighted by atomic mass is 16.1. The number of aromatic nitrogens is 2. The second-order valence-corrected chi connectivity index (χ2v) is 5.04. The summed E-state index contributed by atoms with van der Waals surface area (Å²) in [5.74, 6) is 0.979. The molecule has 1 amide bonds. The zero-order valence-corrected chi connectivity index (χ0v) is 10.4. The Kier molecular flexibility index (Phi) is 4.18. The fraction of sp³-hybridized carbons (Fsp3) is 0.692. The van der Waals surface area contributed by atoms with Crippen LogP contribution >= 0.6 is 0 Å². The van der Waals surface area contributed by atoms with Gasteiger partial charge in [-0.05, 0) is 37.7 Å². The molecule has 1 N–H and O–H groups in total. The molecule has 0 saturated heterocycles. The van der Waals surface area contributed by atoms with Crippen LogP contribution in [0.5, 0.6) is 0 Å². The molecule has 17 heavy (non-hydrogen) atoms. The van der Waals surface area contributed by atoms with Crippen molar-refractivity contribution in [2.75, 3.05) is 0 Å². The lowest BCUT2D eigenvalue weighted by Gasteiger charge is -2.26. The topological polar surface area (TPSA) is 46.9 Å². The van der Waals surface area contributed by atoms with Crippen LogP contribution in [0.4, 0.5) is 0 Å². The zero-order valence-electron chi connectivity index (χ0n) is 10.4. The van der Waals surface area contributed by atoms with Gasteiger partial charge in [0.1, 0.15) is 0 Å². The van der Waals surface area contributed by atoms with Crippen molar-refractivity contribution in [1.82, 2.24) is 15.1 Å². The predicted octanol–water partition coefficient (Wildman–Crippen LogP) is 1.97. The second-order valence-electron chi connectivity index (χ2n) is 5.04. The van der Waals surface area contributed by atoms with Gasteiger partial charge in [0, 0.05) is 31.4 Å². The molecule has 0 bridgehead atoms. The Labute approximate surface area is 102 Å². The van der Waals surface area contributed by atoms with Crippen LogP contribution in [-0.2, 0) is 11.3 Å². The van der Waals surface area contributed by atoms with E-state index >= 15 is 0 Å². The number of rotatable bonds is 4. The van der Waals surface area contributed by atoms with Gasteiger partial charge in [-0.1, -0.05) is 6.92 Å². The van der Waals surface area contributed by atoms with Crippen LogP contribution in [0.2, 0.25) is 0 Å². The smallest absolute Gasteiger partial charge is 0.222 e. The summed E-state index contributed by atoms with van der Waals surface area (Å²) in [5.41, 5.74) is 0. The van der Waals surface area contributed by atoms with Gasteiger partial charge >= 0.3 is 0 Å². The lowest BCUT2D eigenvalue weighted by Crippen LogP contribution is -2.37. The highest BCUT2D eigenvalue weighted by Crippen LogP contribution is 2.23. The fourth-order valence-corrected chi connectivity index (χ4v) is 2.35. The first-order valence-corrected chi connectivity index (χ1v) is 6.51. The summed E-state index contributed by atoms with van der Waals surface area (Å²) in [4.78, 5) is 11.7. The third kappa shape index (κ3) is 3.88. The quantitative estimate of drug-likeness (QED) is 0.867. The first-order valence-electron chi connectivity index (χ1n) is 6.51. The van der Waals surface area contributed by atoms with Gasteiger partial charge in [-0.25, -0.2) is 0 Å². The summed E-state index contributed by atoms with van der Waals surface area (Å²) in [7, 11) is 0. The van der Waals surface area contributed by atoms with Gasteiger partial charge in [0.15, 0.2) is 0 Å². The lowest BCUT2D eigenvalue weighted by molar-refractivity contribution is -0.122. The Morgan fingerprint density at radius 1 is 1.41 bits per heavy atom. The molecule has 1 aromatic heterocycles. The van der Waals surface area contributed by atoms with Gasteiger partial charge < -0.3 is 5.32 Å². The maximum Gasteiger partial charge on any atom is 0.222 e. The predicted molar refractivity (Wildman–Crippen MR) is 66.4 cm³/mol. The van der Waals surface area contributed by atoms with Gasteiger partial charge in [-0.2, -0.15) is 5.10 Å². The fourth-order valence-electron chi connectivity index (χ4n) is 2.35. The summed E-state index contributed by atoms with van der Waals surface area (Å²) >= 11 is 0. The van der Waals surface area contributed by atoms with Crippen LogP contribution in [0, 0.1) is 5.92 Å². The van der Waals surface area contributed by atoms with Crippen molar-refractivity contribution in [3.63, 3.8) is 0 Å². The summed E-state index contributed by atoms with van der Waals surface area (Å²) < 4.78 is 1.79. The largest absolute Gasteiger partial charge is 0.353 e. The third-order valence-corrected chi connectivity index (χ3v) is 3.51. The molecule has 0 spiro atoms. The molecule has 94 valence electrons. The van der Waals surface area contributed by atoms with E-state index in [-0.39, 0.29) is 5.91 Å². The van der Waals surface area contributed by atoms with Crippen LogP contribution < -0.4 is 5.32 Å². The van der Waals surface area contributed by atoms with E-state index in [0.717, 1.165) is 18.8 Å². The first-order chi connectivity index (χ1) is 8.24. The third-order valence-electron chi connectivity index (χ3n) is 3.51. The van der Waals surface area contributed by atoms with E-state index in [2.05, 4.69) is 17.3 Å². The minimum absolute atomic E-state index is 0.153. The Morgan fingerprint density at radius 3 is 2.82 bits per heavy atom. The molecule has 4 nitrogen and oxygen atoms in total. The lowest BCUT2D eigenvalue weighted by atomic mass is 9.87. The molecular weight excluding hydrogens is 214 g/mol. The van der Waals surface area contributed by atoms with Crippen LogP contribution in [-0.4, -0.2) is 21.7 Å². The number of nitrogens with zero attached hydrogens (tertiary/aromatic N) is 2. The average Bonchev–Trinajstić information content (AvgIpc) is 2.83. The van der Waals surface area contributed by atoms with Crippen molar-refractivity contribution in [3.8, 4) is 0 Å². The van der Waals surface area contributed by atoms with Crippen LogP contribution in [0.3, 0.4) is 0 Å². The van der Waals surface area contributed by atoms with Crippen molar-refractivity contribution < 1.29 is 4.79 Å². The number of hydrogen-bond donors (Lipinski definition) is 1. The SMILES string of the molecule is CC1CCC(NC(=O)CCn2cccn2)CC1. The highest BCUT2D eigenvalue weighted by molar-refractivity contribution is 5.76. The van der Waals surface area contributed by atoms with Gasteiger partial charge in [0.2, 0.25) is 5.91 Å². The van der Waals surface area contributed by atoms with Gasteiger partial charge in [-0.15, -0.1) is 0 Å². The number of hydrogen-bond acceptors (Lipinski definition) is 2. The molecule has 0 atom stereocenters. The standard InChI is InChI=1S/C13H21N3O/c1-11-3-5-12(6-4-11)15-13(17)7-10-16-9-2-8-14-16/h2,8-9,11-12H,3-7,10H2,1H3,(H,15,17). The van der Waals surface area contributed by atoms with E-state index in [1.807, 2.05) is 12.3 Å². The zero-order chi connectivity index (χ0) is 12.1. The van der Waals surface area contributed by atoms with E-state index in [1.165, 1.54) is 12.8 Å². The van der Waals surface area contributed by atoms with Crippen LogP contribution in [0.25, 0.3) is 0 Å². The van der Waals surface area contributed by atoms with E-state index in [4.69, 9.17) is 0 Å². The van der Waals surface area contributed by atoms with Gasteiger partial charge in [-0.3, -0.25) is 9.48 Å². The average molecular weight is 235 g/mol. The summed E-state index contributed by atoms with van der Waals surface area (Å²) in [5, 5.41) is 7.20. The number of carbonyl (C=O) groups is 1. The molecule has 1 aliphatic rings. The summed E-state index contributed by atoms with van der Waals surface area (Å²) in [6.07, 6.45) is 8.89. The molecule has 0 unspecified atom stereocenters. The van der Waals surface area contributed by atoms with Crippen molar-refractivity contribution in [2.45, 2.75) is 51.6 Å². The highest BCUT2D eigenvalue weighted by Gasteiger charge is 2.19. The molecule has 0 radical (unpaired) electrons. The van der Waals surface area contributed by atoms with Gasteiger partial charge in [0.05, 0.1) is 0 Å². The molecule has 0 aliphatic heterocycles. The van der Waals surface area contributed by atoms with Crippen LogP contribution in [0.1, 0.15) is 39.0 Å². The Bertz CT molecular complexity index is 340. The van der Waals surface area contributed by atoms with E-state index in [1.54, 1.807) is 10.9 Å². The number of nitrogens with one attached hydrogen (secondary N) is 1. The molecule has 1 aromatic rings. The number of carbonyl (C=O) groups excluding carboxylic acids is 1. The molecular formula is C13H21N3O. The Hall–Kier alpha value is -1.32. The summed E-state index contributed by atoms with van der Waals surface area (Å²) in [6, 6.07) is 2.27. The van der Waals surface area contributed by atoms with Crippen molar-refractivity contribution in [1.29, 1.82) is 0 Å². The molecule has 1 heterocycles. The molecule has 1 fully saturated rings.